The molecular formula is C11H12B2N2. The summed E-state index contributed by atoms with van der Waals surface area (Å²) in [5.41, 5.74) is 3.68. The van der Waals surface area contributed by atoms with Gasteiger partial charge in [0.25, 0.3) is 0 Å². The fourth-order valence-electron chi connectivity index (χ4n) is 1.52. The fourth-order valence-corrected chi connectivity index (χ4v) is 1.52. The van der Waals surface area contributed by atoms with Gasteiger partial charge in [0.2, 0.25) is 7.28 Å². The highest BCUT2D eigenvalue weighted by atomic mass is 14.7. The number of aromatic nitrogens is 1. The van der Waals surface area contributed by atoms with Gasteiger partial charge in [0.15, 0.2) is 0 Å². The van der Waals surface area contributed by atoms with Gasteiger partial charge < -0.3 is 0 Å². The highest BCUT2D eigenvalue weighted by Crippen LogP contribution is 2.01. The monoisotopic (exact) mass is 194 g/mol. The Labute approximate surface area is 91.5 Å². The van der Waals surface area contributed by atoms with Crippen LogP contribution in [0.15, 0.2) is 53.3 Å². The third-order valence-corrected chi connectivity index (χ3v) is 2.34. The van der Waals surface area contributed by atoms with Crippen LogP contribution < -0.4 is 5.46 Å². The van der Waals surface area contributed by atoms with Crippen molar-refractivity contribution in [3.05, 3.63) is 48.4 Å². The van der Waals surface area contributed by atoms with E-state index in [1.54, 1.807) is 0 Å². The van der Waals surface area contributed by atoms with Crippen LogP contribution in [0.25, 0.3) is 0 Å². The van der Waals surface area contributed by atoms with Crippen LogP contribution in [-0.4, -0.2) is 25.7 Å². The smallest absolute Gasteiger partial charge is 0.211 e. The third-order valence-electron chi connectivity index (χ3n) is 2.34. The average molecular weight is 194 g/mol. The van der Waals surface area contributed by atoms with E-state index in [0.717, 1.165) is 13.7 Å². The SMILES string of the molecule is BC1=CN=C(Bc2ccncc2)CC=C1. The Morgan fingerprint density at radius 3 is 2.87 bits per heavy atom. The Balaban J connectivity index is 2.11. The molecule has 0 atom stereocenters. The highest BCUT2D eigenvalue weighted by molar-refractivity contribution is 6.85. The molecule has 0 bridgehead atoms. The molecule has 1 aliphatic rings. The number of nitrogens with zero attached hydrogens (tertiary/aromatic N) is 2. The summed E-state index contributed by atoms with van der Waals surface area (Å²) in [5.74, 6) is 0. The third kappa shape index (κ3) is 2.94. The van der Waals surface area contributed by atoms with Gasteiger partial charge >= 0.3 is 0 Å². The zero-order chi connectivity index (χ0) is 10.5. The van der Waals surface area contributed by atoms with Crippen molar-refractivity contribution >= 4 is 26.2 Å². The van der Waals surface area contributed by atoms with Gasteiger partial charge in [-0.25, -0.2) is 0 Å². The molecular weight excluding hydrogens is 182 g/mol. The van der Waals surface area contributed by atoms with Gasteiger partial charge in [-0.1, -0.05) is 23.1 Å². The first kappa shape index (κ1) is 9.97. The zero-order valence-electron chi connectivity index (χ0n) is 8.85. The van der Waals surface area contributed by atoms with E-state index in [9.17, 15) is 0 Å². The summed E-state index contributed by atoms with van der Waals surface area (Å²) in [6.45, 7) is 0. The number of hydrogen-bond donors (Lipinski definition) is 0. The minimum Gasteiger partial charge on any atom is -0.276 e. The fraction of sp³-hybridized carbons (Fsp3) is 0.0909. The summed E-state index contributed by atoms with van der Waals surface area (Å²) in [4.78, 5) is 8.47. The predicted octanol–water partition coefficient (Wildman–Crippen LogP) is -0.0237. The molecule has 72 valence electrons. The van der Waals surface area contributed by atoms with E-state index >= 15 is 0 Å². The van der Waals surface area contributed by atoms with E-state index in [2.05, 4.69) is 30.0 Å². The molecule has 1 aliphatic heterocycles. The van der Waals surface area contributed by atoms with E-state index in [1.165, 1.54) is 16.5 Å². The van der Waals surface area contributed by atoms with Gasteiger partial charge in [-0.05, 0) is 24.2 Å². The molecule has 2 rings (SSSR count). The van der Waals surface area contributed by atoms with Gasteiger partial charge in [0.1, 0.15) is 7.85 Å². The Morgan fingerprint density at radius 2 is 2.07 bits per heavy atom. The van der Waals surface area contributed by atoms with Crippen molar-refractivity contribution in [2.75, 3.05) is 0 Å². The van der Waals surface area contributed by atoms with Crippen molar-refractivity contribution < 1.29 is 0 Å². The van der Waals surface area contributed by atoms with E-state index in [4.69, 9.17) is 0 Å². The molecule has 0 N–H and O–H groups in total. The minimum atomic E-state index is 0.913. The predicted molar refractivity (Wildman–Crippen MR) is 68.8 cm³/mol. The molecule has 0 saturated heterocycles. The molecule has 0 saturated carbocycles. The van der Waals surface area contributed by atoms with Crippen LogP contribution in [0.3, 0.4) is 0 Å². The molecule has 4 heteroatoms. The van der Waals surface area contributed by atoms with Gasteiger partial charge in [-0.3, -0.25) is 9.98 Å². The van der Waals surface area contributed by atoms with Crippen molar-refractivity contribution in [1.29, 1.82) is 0 Å². The second-order valence-corrected chi connectivity index (χ2v) is 3.71. The lowest BCUT2D eigenvalue weighted by Crippen LogP contribution is -2.22. The van der Waals surface area contributed by atoms with E-state index in [0.29, 0.717) is 0 Å². The van der Waals surface area contributed by atoms with Gasteiger partial charge in [0.05, 0.1) is 0 Å². The Hall–Kier alpha value is -1.57. The average Bonchev–Trinajstić information content (AvgIpc) is 2.46. The summed E-state index contributed by atoms with van der Waals surface area (Å²) in [7, 11) is 2.98. The normalized spacial score (nSPS) is 15.2. The van der Waals surface area contributed by atoms with Crippen LogP contribution in [0.4, 0.5) is 0 Å². The lowest BCUT2D eigenvalue weighted by Gasteiger charge is -1.99. The quantitative estimate of drug-likeness (QED) is 0.607. The number of allylic oxidation sites excluding steroid dienone is 3. The second-order valence-electron chi connectivity index (χ2n) is 3.71. The van der Waals surface area contributed by atoms with E-state index < -0.39 is 0 Å². The van der Waals surface area contributed by atoms with Crippen LogP contribution in [0, 0.1) is 0 Å². The van der Waals surface area contributed by atoms with Gasteiger partial charge in [-0.2, -0.15) is 0 Å². The highest BCUT2D eigenvalue weighted by Gasteiger charge is 2.03. The summed E-state index contributed by atoms with van der Waals surface area (Å²) >= 11 is 0. The van der Waals surface area contributed by atoms with Crippen molar-refractivity contribution in [2.24, 2.45) is 4.99 Å². The Bertz CT molecular complexity index is 421. The first-order chi connectivity index (χ1) is 7.34. The Kier molecular flexibility index (Phi) is 3.18. The standard InChI is InChI=1S/C11H12B2N2/c12-9-2-1-3-11(15-8-9)13-10-4-6-14-7-5-10/h1-2,4-8,13H,3,12H2. The van der Waals surface area contributed by atoms with Crippen LogP contribution in [0.1, 0.15) is 6.42 Å². The van der Waals surface area contributed by atoms with Crippen LogP contribution >= 0.6 is 0 Å². The van der Waals surface area contributed by atoms with Gasteiger partial charge in [-0.15, -0.1) is 0 Å². The summed E-state index contributed by atoms with van der Waals surface area (Å²) in [6, 6.07) is 4.07. The molecule has 0 spiro atoms. The van der Waals surface area contributed by atoms with Crippen molar-refractivity contribution in [2.45, 2.75) is 6.42 Å². The maximum atomic E-state index is 4.47. The maximum absolute atomic E-state index is 4.47. The molecule has 2 nitrogen and oxygen atoms in total. The number of rotatable bonds is 2. The summed E-state index contributed by atoms with van der Waals surface area (Å²) in [6.07, 6.45) is 10.8. The van der Waals surface area contributed by atoms with E-state index in [1.807, 2.05) is 30.7 Å². The zero-order valence-corrected chi connectivity index (χ0v) is 8.85. The lowest BCUT2D eigenvalue weighted by molar-refractivity contribution is 1.34. The number of aliphatic imine (C=N–C) groups is 1. The molecule has 0 fully saturated rings. The van der Waals surface area contributed by atoms with Crippen LogP contribution in [0.2, 0.25) is 0 Å². The maximum Gasteiger partial charge on any atom is 0.211 e. The number of hydrogen-bond acceptors (Lipinski definition) is 2. The molecule has 0 amide bonds. The second kappa shape index (κ2) is 4.78. The molecule has 0 aliphatic carbocycles. The first-order valence-electron chi connectivity index (χ1n) is 5.12. The Morgan fingerprint density at radius 1 is 1.27 bits per heavy atom. The lowest BCUT2D eigenvalue weighted by atomic mass is 9.65. The molecule has 2 heterocycles. The van der Waals surface area contributed by atoms with Crippen LogP contribution in [0.5, 0.6) is 0 Å². The number of pyridine rings is 1. The summed E-state index contributed by atoms with van der Waals surface area (Å²) in [5, 5.41) is 0. The molecule has 0 unspecified atom stereocenters. The van der Waals surface area contributed by atoms with Crippen molar-refractivity contribution in [3.63, 3.8) is 0 Å². The molecule has 15 heavy (non-hydrogen) atoms. The first-order valence-corrected chi connectivity index (χ1v) is 5.12. The molecule has 0 radical (unpaired) electrons. The molecule has 1 aromatic heterocycles. The van der Waals surface area contributed by atoms with Crippen LogP contribution in [-0.2, 0) is 0 Å². The van der Waals surface area contributed by atoms with Gasteiger partial charge in [0, 0.05) is 18.6 Å². The van der Waals surface area contributed by atoms with Crippen molar-refractivity contribution in [3.8, 4) is 0 Å². The summed E-state index contributed by atoms with van der Waals surface area (Å²) < 4.78 is 0. The van der Waals surface area contributed by atoms with Crippen molar-refractivity contribution in [1.82, 2.24) is 4.98 Å². The topological polar surface area (TPSA) is 25.2 Å². The minimum absolute atomic E-state index is 0.913. The largest absolute Gasteiger partial charge is 0.276 e. The van der Waals surface area contributed by atoms with E-state index in [-0.39, 0.29) is 0 Å². The molecule has 1 aromatic rings. The molecule has 0 aromatic carbocycles.